The maximum absolute atomic E-state index is 11.8. The largest absolute Gasteiger partial charge is 0.478 e. The predicted octanol–water partition coefficient (Wildman–Crippen LogP) is 3.46. The van der Waals surface area contributed by atoms with E-state index in [0.717, 1.165) is 0 Å². The number of nitrogens with one attached hydrogen (secondary N) is 2. The van der Waals surface area contributed by atoms with Gasteiger partial charge in [-0.05, 0) is 30.9 Å². The van der Waals surface area contributed by atoms with Crippen LogP contribution in [0.15, 0.2) is 18.2 Å². The lowest BCUT2D eigenvalue weighted by Crippen LogP contribution is -2.16. The number of hydrogen-bond donors (Lipinski definition) is 3. The summed E-state index contributed by atoms with van der Waals surface area (Å²) in [6.45, 7) is 1.89. The van der Waals surface area contributed by atoms with Crippen LogP contribution in [0.3, 0.4) is 0 Å². The first-order valence-electron chi connectivity index (χ1n) is 7.10. The SMILES string of the molecule is CCCC(=O)Nc1ccc(NC(=O)CCSSC)c(C(=O)O)c1. The Balaban J connectivity index is 2.81. The van der Waals surface area contributed by atoms with Crippen LogP contribution in [-0.4, -0.2) is 34.9 Å². The summed E-state index contributed by atoms with van der Waals surface area (Å²) in [7, 11) is 3.14. The van der Waals surface area contributed by atoms with E-state index in [4.69, 9.17) is 0 Å². The Kier molecular flexibility index (Phi) is 8.57. The van der Waals surface area contributed by atoms with Crippen molar-refractivity contribution in [2.24, 2.45) is 0 Å². The zero-order valence-corrected chi connectivity index (χ0v) is 14.7. The lowest BCUT2D eigenvalue weighted by Gasteiger charge is -2.11. The number of carbonyl (C=O) groups is 3. The van der Waals surface area contributed by atoms with Gasteiger partial charge in [0.05, 0.1) is 11.3 Å². The van der Waals surface area contributed by atoms with Crippen molar-refractivity contribution in [2.45, 2.75) is 26.2 Å². The molecule has 0 bridgehead atoms. The van der Waals surface area contributed by atoms with Gasteiger partial charge in [-0.1, -0.05) is 28.5 Å². The van der Waals surface area contributed by atoms with Crippen LogP contribution in [0.25, 0.3) is 0 Å². The standard InChI is InChI=1S/C15H20N2O4S2/c1-3-4-13(18)16-10-5-6-12(11(9-10)15(20)21)17-14(19)7-8-23-22-2/h5-6,9H,3-4,7-8H2,1-2H3,(H,16,18)(H,17,19)(H,20,21). The van der Waals surface area contributed by atoms with E-state index in [-0.39, 0.29) is 23.1 Å². The Bertz CT molecular complexity index is 579. The lowest BCUT2D eigenvalue weighted by molar-refractivity contribution is -0.116. The number of hydrogen-bond acceptors (Lipinski definition) is 5. The second-order valence-corrected chi connectivity index (χ2v) is 7.33. The van der Waals surface area contributed by atoms with Gasteiger partial charge in [-0.2, -0.15) is 0 Å². The number of carboxylic acid groups (broad SMARTS) is 1. The topological polar surface area (TPSA) is 95.5 Å². The molecule has 0 radical (unpaired) electrons. The van der Waals surface area contributed by atoms with Gasteiger partial charge in [0.15, 0.2) is 0 Å². The third kappa shape index (κ3) is 6.96. The average Bonchev–Trinajstić information content (AvgIpc) is 2.49. The van der Waals surface area contributed by atoms with Crippen molar-refractivity contribution in [3.63, 3.8) is 0 Å². The Morgan fingerprint density at radius 3 is 2.43 bits per heavy atom. The molecule has 1 aromatic carbocycles. The summed E-state index contributed by atoms with van der Waals surface area (Å²) in [6, 6.07) is 4.42. The van der Waals surface area contributed by atoms with E-state index in [1.807, 2.05) is 13.2 Å². The molecule has 0 aliphatic heterocycles. The van der Waals surface area contributed by atoms with E-state index < -0.39 is 5.97 Å². The smallest absolute Gasteiger partial charge is 0.337 e. The Labute approximate surface area is 143 Å². The van der Waals surface area contributed by atoms with Gasteiger partial charge < -0.3 is 15.7 Å². The molecule has 0 atom stereocenters. The molecule has 0 unspecified atom stereocenters. The highest BCUT2D eigenvalue weighted by Gasteiger charge is 2.14. The van der Waals surface area contributed by atoms with Crippen molar-refractivity contribution < 1.29 is 19.5 Å². The van der Waals surface area contributed by atoms with Gasteiger partial charge in [0.2, 0.25) is 11.8 Å². The number of amides is 2. The summed E-state index contributed by atoms with van der Waals surface area (Å²) >= 11 is 0. The molecule has 1 aromatic rings. The van der Waals surface area contributed by atoms with Gasteiger partial charge in [0.25, 0.3) is 0 Å². The zero-order valence-electron chi connectivity index (χ0n) is 13.0. The minimum absolute atomic E-state index is 0.0508. The van der Waals surface area contributed by atoms with Gasteiger partial charge in [-0.25, -0.2) is 4.79 Å². The van der Waals surface area contributed by atoms with E-state index in [9.17, 15) is 19.5 Å². The van der Waals surface area contributed by atoms with Crippen LogP contribution >= 0.6 is 21.6 Å². The highest BCUT2D eigenvalue weighted by molar-refractivity contribution is 8.76. The minimum atomic E-state index is -1.16. The number of carboxylic acids is 1. The molecule has 0 saturated heterocycles. The van der Waals surface area contributed by atoms with Crippen LogP contribution in [0.2, 0.25) is 0 Å². The summed E-state index contributed by atoms with van der Waals surface area (Å²) in [5, 5.41) is 14.5. The Morgan fingerprint density at radius 2 is 1.83 bits per heavy atom. The van der Waals surface area contributed by atoms with Crippen molar-refractivity contribution in [3.05, 3.63) is 23.8 Å². The van der Waals surface area contributed by atoms with Crippen molar-refractivity contribution in [2.75, 3.05) is 22.6 Å². The van der Waals surface area contributed by atoms with Crippen molar-refractivity contribution in [3.8, 4) is 0 Å². The molecule has 0 aliphatic rings. The van der Waals surface area contributed by atoms with Crippen molar-refractivity contribution in [1.82, 2.24) is 0 Å². The summed E-state index contributed by atoms with van der Waals surface area (Å²) in [4.78, 5) is 34.7. The monoisotopic (exact) mass is 356 g/mol. The molecule has 2 amide bonds. The van der Waals surface area contributed by atoms with Crippen molar-refractivity contribution in [1.29, 1.82) is 0 Å². The van der Waals surface area contributed by atoms with E-state index >= 15 is 0 Å². The molecular formula is C15H20N2O4S2. The fourth-order valence-corrected chi connectivity index (χ4v) is 2.97. The lowest BCUT2D eigenvalue weighted by atomic mass is 10.1. The van der Waals surface area contributed by atoms with Crippen LogP contribution in [0.5, 0.6) is 0 Å². The fraction of sp³-hybridized carbons (Fsp3) is 0.400. The number of anilines is 2. The minimum Gasteiger partial charge on any atom is -0.478 e. The van der Waals surface area contributed by atoms with Crippen LogP contribution < -0.4 is 10.6 Å². The number of benzene rings is 1. The molecule has 3 N–H and O–H groups in total. The maximum atomic E-state index is 11.8. The van der Waals surface area contributed by atoms with Gasteiger partial charge in [0.1, 0.15) is 0 Å². The number of rotatable bonds is 9. The van der Waals surface area contributed by atoms with Crippen LogP contribution in [0.4, 0.5) is 11.4 Å². The molecule has 0 saturated carbocycles. The van der Waals surface area contributed by atoms with Gasteiger partial charge in [0, 0.05) is 24.3 Å². The first-order chi connectivity index (χ1) is 11.0. The fourth-order valence-electron chi connectivity index (χ4n) is 1.79. The van der Waals surface area contributed by atoms with Gasteiger partial charge in [-0.15, -0.1) is 0 Å². The molecule has 126 valence electrons. The van der Waals surface area contributed by atoms with E-state index in [1.54, 1.807) is 27.7 Å². The highest BCUT2D eigenvalue weighted by Crippen LogP contribution is 2.22. The van der Waals surface area contributed by atoms with E-state index in [2.05, 4.69) is 10.6 Å². The number of carbonyl (C=O) groups excluding carboxylic acids is 2. The Hall–Kier alpha value is -1.67. The second kappa shape index (κ2) is 10.2. The molecule has 0 spiro atoms. The van der Waals surface area contributed by atoms with Crippen LogP contribution in [0.1, 0.15) is 36.5 Å². The van der Waals surface area contributed by atoms with Gasteiger partial charge in [-0.3, -0.25) is 9.59 Å². The molecule has 8 heteroatoms. The maximum Gasteiger partial charge on any atom is 0.337 e. The third-order valence-electron chi connectivity index (χ3n) is 2.82. The van der Waals surface area contributed by atoms with Gasteiger partial charge >= 0.3 is 5.97 Å². The second-order valence-electron chi connectivity index (χ2n) is 4.65. The molecule has 0 fully saturated rings. The average molecular weight is 356 g/mol. The molecule has 0 aliphatic carbocycles. The first-order valence-corrected chi connectivity index (χ1v) is 9.83. The highest BCUT2D eigenvalue weighted by atomic mass is 33.1. The van der Waals surface area contributed by atoms with E-state index in [1.165, 1.54) is 12.1 Å². The molecule has 0 heterocycles. The molecule has 23 heavy (non-hydrogen) atoms. The quantitative estimate of drug-likeness (QED) is 0.463. The summed E-state index contributed by atoms with van der Waals surface area (Å²) in [6.07, 6.45) is 3.31. The summed E-state index contributed by atoms with van der Waals surface area (Å²) in [5.41, 5.74) is 0.576. The molecular weight excluding hydrogens is 336 g/mol. The molecule has 6 nitrogen and oxygen atoms in total. The summed E-state index contributed by atoms with van der Waals surface area (Å²) < 4.78 is 0. The molecule has 1 rings (SSSR count). The van der Waals surface area contributed by atoms with Crippen molar-refractivity contribution >= 4 is 50.7 Å². The Morgan fingerprint density at radius 1 is 1.13 bits per heavy atom. The predicted molar refractivity (Wildman–Crippen MR) is 96.2 cm³/mol. The van der Waals surface area contributed by atoms with Crippen LogP contribution in [-0.2, 0) is 9.59 Å². The first kappa shape index (κ1) is 19.4. The molecule has 0 aromatic heterocycles. The third-order valence-corrected chi connectivity index (χ3v) is 4.63. The normalized spacial score (nSPS) is 10.2. The van der Waals surface area contributed by atoms with Crippen LogP contribution in [0, 0.1) is 0 Å². The van der Waals surface area contributed by atoms with E-state index in [0.29, 0.717) is 30.7 Å². The summed E-state index contributed by atoms with van der Waals surface area (Å²) in [5.74, 6) is -0.919. The zero-order chi connectivity index (χ0) is 17.2. The number of aromatic carboxylic acids is 1.